The minimum absolute atomic E-state index is 0.184. The van der Waals surface area contributed by atoms with E-state index >= 15 is 0 Å². The Kier molecular flexibility index (Phi) is 5.68. The monoisotopic (exact) mass is 434 g/mol. The quantitative estimate of drug-likeness (QED) is 0.529. The minimum Gasteiger partial charge on any atom is -0.493 e. The molecule has 1 unspecified atom stereocenters. The SMILES string of the molecule is COc1cc2c3c(c1OC)CCC3N(CCCC(=N)S(=O)(=O)c1cccs1)CC2. The largest absolute Gasteiger partial charge is 0.493 e. The van der Waals surface area contributed by atoms with E-state index in [0.717, 1.165) is 43.9 Å². The molecule has 1 N–H and O–H groups in total. The van der Waals surface area contributed by atoms with E-state index in [9.17, 15) is 8.42 Å². The van der Waals surface area contributed by atoms with Crippen LogP contribution in [0.15, 0.2) is 27.8 Å². The predicted octanol–water partition coefficient (Wildman–Crippen LogP) is 3.84. The van der Waals surface area contributed by atoms with E-state index in [4.69, 9.17) is 14.9 Å². The van der Waals surface area contributed by atoms with Crippen molar-refractivity contribution in [2.45, 2.75) is 42.4 Å². The highest BCUT2D eigenvalue weighted by molar-refractivity contribution is 8.07. The van der Waals surface area contributed by atoms with Crippen molar-refractivity contribution < 1.29 is 17.9 Å². The molecular formula is C21H26N2O4S2. The maximum atomic E-state index is 12.4. The van der Waals surface area contributed by atoms with Crippen molar-refractivity contribution in [1.29, 1.82) is 5.41 Å². The number of nitrogens with zero attached hydrogens (tertiary/aromatic N) is 1. The van der Waals surface area contributed by atoms with Gasteiger partial charge in [-0.15, -0.1) is 11.3 Å². The molecule has 0 saturated carbocycles. The number of hydrogen-bond donors (Lipinski definition) is 1. The van der Waals surface area contributed by atoms with Gasteiger partial charge in [0.1, 0.15) is 9.25 Å². The maximum Gasteiger partial charge on any atom is 0.228 e. The molecule has 2 aromatic rings. The van der Waals surface area contributed by atoms with Crippen LogP contribution >= 0.6 is 11.3 Å². The smallest absolute Gasteiger partial charge is 0.228 e. The van der Waals surface area contributed by atoms with E-state index in [1.807, 2.05) is 0 Å². The summed E-state index contributed by atoms with van der Waals surface area (Å²) in [7, 11) is -0.253. The van der Waals surface area contributed by atoms with Crippen LogP contribution in [0, 0.1) is 5.41 Å². The third-order valence-corrected chi connectivity index (χ3v) is 9.07. The minimum atomic E-state index is -3.62. The van der Waals surface area contributed by atoms with Crippen LogP contribution in [-0.4, -0.2) is 45.7 Å². The molecule has 0 saturated heterocycles. The Morgan fingerprint density at radius 1 is 1.31 bits per heavy atom. The van der Waals surface area contributed by atoms with E-state index in [-0.39, 0.29) is 15.7 Å². The van der Waals surface area contributed by atoms with Crippen LogP contribution in [0.1, 0.15) is 42.0 Å². The van der Waals surface area contributed by atoms with Crippen LogP contribution in [0.5, 0.6) is 11.5 Å². The second-order valence-corrected chi connectivity index (χ2v) is 10.6. The Balaban J connectivity index is 1.44. The van der Waals surface area contributed by atoms with Gasteiger partial charge in [0.2, 0.25) is 9.84 Å². The molecule has 2 heterocycles. The fourth-order valence-electron chi connectivity index (χ4n) is 4.60. The number of hydrogen-bond acceptors (Lipinski definition) is 7. The van der Waals surface area contributed by atoms with Gasteiger partial charge in [0.05, 0.1) is 14.2 Å². The second kappa shape index (κ2) is 8.08. The Morgan fingerprint density at radius 2 is 2.14 bits per heavy atom. The van der Waals surface area contributed by atoms with E-state index in [2.05, 4.69) is 11.0 Å². The van der Waals surface area contributed by atoms with Crippen LogP contribution in [0.4, 0.5) is 0 Å². The molecule has 0 spiro atoms. The van der Waals surface area contributed by atoms with Gasteiger partial charge >= 0.3 is 0 Å². The van der Waals surface area contributed by atoms with Gasteiger partial charge in [-0.3, -0.25) is 10.3 Å². The van der Waals surface area contributed by atoms with Crippen molar-refractivity contribution in [3.8, 4) is 11.5 Å². The lowest BCUT2D eigenvalue weighted by atomic mass is 9.92. The molecular weight excluding hydrogens is 408 g/mol. The summed E-state index contributed by atoms with van der Waals surface area (Å²) >= 11 is 1.17. The van der Waals surface area contributed by atoms with Gasteiger partial charge in [-0.1, -0.05) is 6.07 Å². The Hall–Kier alpha value is -1.90. The van der Waals surface area contributed by atoms with Gasteiger partial charge < -0.3 is 9.47 Å². The maximum absolute atomic E-state index is 12.4. The first-order chi connectivity index (χ1) is 14.0. The first-order valence-corrected chi connectivity index (χ1v) is 12.2. The molecule has 29 heavy (non-hydrogen) atoms. The first kappa shape index (κ1) is 20.4. The molecule has 4 rings (SSSR count). The average Bonchev–Trinajstić information content (AvgIpc) is 3.40. The van der Waals surface area contributed by atoms with Crippen LogP contribution < -0.4 is 9.47 Å². The summed E-state index contributed by atoms with van der Waals surface area (Å²) in [5.41, 5.74) is 3.96. The lowest BCUT2D eigenvalue weighted by molar-refractivity contribution is 0.184. The summed E-state index contributed by atoms with van der Waals surface area (Å²) in [6.07, 6.45) is 3.89. The number of methoxy groups -OCH3 is 2. The van der Waals surface area contributed by atoms with E-state index in [1.165, 1.54) is 28.0 Å². The van der Waals surface area contributed by atoms with Crippen molar-refractivity contribution in [3.63, 3.8) is 0 Å². The van der Waals surface area contributed by atoms with Crippen LogP contribution in [0.3, 0.4) is 0 Å². The zero-order valence-electron chi connectivity index (χ0n) is 16.7. The number of nitrogens with one attached hydrogen (secondary N) is 1. The predicted molar refractivity (Wildman–Crippen MR) is 114 cm³/mol. The standard InChI is InChI=1S/C21H26N2O4S2/c1-26-17-13-14-9-11-23(16-8-7-15(20(14)16)21(17)27-2)10-3-5-18(22)29(24,25)19-6-4-12-28-19/h4,6,12-13,16,22H,3,5,7-11H2,1-2H3. The summed E-state index contributed by atoms with van der Waals surface area (Å²) < 4.78 is 36.3. The fourth-order valence-corrected chi connectivity index (χ4v) is 6.94. The molecule has 0 bridgehead atoms. The van der Waals surface area contributed by atoms with Gasteiger partial charge in [0.15, 0.2) is 11.5 Å². The van der Waals surface area contributed by atoms with Gasteiger partial charge in [-0.25, -0.2) is 8.42 Å². The molecule has 2 aliphatic rings. The van der Waals surface area contributed by atoms with Crippen LogP contribution in [0.2, 0.25) is 0 Å². The molecule has 156 valence electrons. The molecule has 0 fully saturated rings. The lowest BCUT2D eigenvalue weighted by Gasteiger charge is -2.35. The van der Waals surface area contributed by atoms with Crippen LogP contribution in [0.25, 0.3) is 0 Å². The highest BCUT2D eigenvalue weighted by atomic mass is 32.2. The van der Waals surface area contributed by atoms with Crippen molar-refractivity contribution in [2.24, 2.45) is 0 Å². The third kappa shape index (κ3) is 3.58. The van der Waals surface area contributed by atoms with E-state index in [0.29, 0.717) is 12.5 Å². The first-order valence-electron chi connectivity index (χ1n) is 9.84. The molecule has 0 radical (unpaired) electrons. The summed E-state index contributed by atoms with van der Waals surface area (Å²) in [4.78, 5) is 2.44. The zero-order chi connectivity index (χ0) is 20.6. The van der Waals surface area contributed by atoms with Crippen LogP contribution in [-0.2, 0) is 22.7 Å². The van der Waals surface area contributed by atoms with Gasteiger partial charge in [0, 0.05) is 24.6 Å². The summed E-state index contributed by atoms with van der Waals surface area (Å²) in [6, 6.07) is 5.72. The van der Waals surface area contributed by atoms with Crippen molar-refractivity contribution in [3.05, 3.63) is 40.3 Å². The number of benzene rings is 1. The van der Waals surface area contributed by atoms with E-state index < -0.39 is 9.84 Å². The van der Waals surface area contributed by atoms with Gasteiger partial charge in [-0.2, -0.15) is 0 Å². The molecule has 1 aliphatic heterocycles. The normalized spacial score (nSPS) is 18.5. The number of rotatable bonds is 7. The Morgan fingerprint density at radius 3 is 2.83 bits per heavy atom. The van der Waals surface area contributed by atoms with Crippen molar-refractivity contribution >= 4 is 26.2 Å². The molecule has 1 aliphatic carbocycles. The number of ether oxygens (including phenoxy) is 2. The van der Waals surface area contributed by atoms with Gasteiger partial charge in [0.25, 0.3) is 0 Å². The van der Waals surface area contributed by atoms with Gasteiger partial charge in [-0.05, 0) is 60.9 Å². The lowest BCUT2D eigenvalue weighted by Crippen LogP contribution is -2.35. The van der Waals surface area contributed by atoms with Crippen molar-refractivity contribution in [1.82, 2.24) is 4.90 Å². The molecule has 1 aromatic heterocycles. The fraction of sp³-hybridized carbons (Fsp3) is 0.476. The average molecular weight is 435 g/mol. The molecule has 0 amide bonds. The topological polar surface area (TPSA) is 79.7 Å². The zero-order valence-corrected chi connectivity index (χ0v) is 18.4. The summed E-state index contributed by atoms with van der Waals surface area (Å²) in [5, 5.41) is 9.62. The number of thiophene rings is 1. The number of sulfone groups is 1. The molecule has 6 nitrogen and oxygen atoms in total. The molecule has 1 atom stereocenters. The highest BCUT2D eigenvalue weighted by Crippen LogP contribution is 2.48. The molecule has 8 heteroatoms. The summed E-state index contributed by atoms with van der Waals surface area (Å²) in [6.45, 7) is 1.73. The third-order valence-electron chi connectivity index (χ3n) is 5.94. The second-order valence-electron chi connectivity index (χ2n) is 7.47. The molecule has 1 aromatic carbocycles. The van der Waals surface area contributed by atoms with Crippen molar-refractivity contribution in [2.75, 3.05) is 27.3 Å². The Bertz CT molecular complexity index is 1020. The summed E-state index contributed by atoms with van der Waals surface area (Å²) in [5.74, 6) is 1.65. The highest BCUT2D eigenvalue weighted by Gasteiger charge is 2.36. The Labute approximate surface area is 175 Å². The van der Waals surface area contributed by atoms with E-state index in [1.54, 1.807) is 31.7 Å².